The van der Waals surface area contributed by atoms with Crippen molar-refractivity contribution >= 4 is 23.6 Å². The summed E-state index contributed by atoms with van der Waals surface area (Å²) >= 11 is 1.54. The van der Waals surface area contributed by atoms with Crippen molar-refractivity contribution in [1.29, 1.82) is 0 Å². The predicted octanol–water partition coefficient (Wildman–Crippen LogP) is 1.64. The lowest BCUT2D eigenvalue weighted by Gasteiger charge is -2.25. The highest BCUT2D eigenvalue weighted by Gasteiger charge is 2.43. The summed E-state index contributed by atoms with van der Waals surface area (Å²) in [7, 11) is 0. The van der Waals surface area contributed by atoms with Crippen LogP contribution in [0.4, 0.5) is 0 Å². The number of rotatable bonds is 3. The molecule has 1 unspecified atom stereocenters. The standard InChI is InChI=1S/C14H21N3O3S/c1-9-10(7-15-17(9)13(2,3)4)11(18)16-14(12(19)20)5-6-21-8-14/h7H,5-6,8H2,1-4H3,(H,16,18)(H,19,20). The molecule has 0 radical (unpaired) electrons. The normalized spacial score (nSPS) is 22.3. The number of aromatic nitrogens is 2. The van der Waals surface area contributed by atoms with Crippen LogP contribution in [0.5, 0.6) is 0 Å². The first kappa shape index (κ1) is 15.9. The van der Waals surface area contributed by atoms with Gasteiger partial charge in [-0.15, -0.1) is 0 Å². The summed E-state index contributed by atoms with van der Waals surface area (Å²) in [5.74, 6) is -0.192. The lowest BCUT2D eigenvalue weighted by molar-refractivity contribution is -0.143. The number of hydrogen-bond acceptors (Lipinski definition) is 4. The fraction of sp³-hybridized carbons (Fsp3) is 0.643. The Morgan fingerprint density at radius 1 is 1.48 bits per heavy atom. The Bertz CT molecular complexity index is 569. The van der Waals surface area contributed by atoms with Crippen LogP contribution in [0, 0.1) is 6.92 Å². The molecule has 7 heteroatoms. The van der Waals surface area contributed by atoms with Gasteiger partial charge in [0.15, 0.2) is 0 Å². The van der Waals surface area contributed by atoms with Crippen LogP contribution in [0.1, 0.15) is 43.2 Å². The molecule has 1 saturated heterocycles. The molecule has 116 valence electrons. The van der Waals surface area contributed by atoms with Crippen LogP contribution in [0.3, 0.4) is 0 Å². The number of amides is 1. The maximum atomic E-state index is 12.4. The summed E-state index contributed by atoms with van der Waals surface area (Å²) < 4.78 is 1.78. The smallest absolute Gasteiger partial charge is 0.330 e. The highest BCUT2D eigenvalue weighted by molar-refractivity contribution is 7.99. The summed E-state index contributed by atoms with van der Waals surface area (Å²) in [6.07, 6.45) is 1.96. The maximum Gasteiger partial charge on any atom is 0.330 e. The molecule has 1 aliphatic heterocycles. The maximum absolute atomic E-state index is 12.4. The fourth-order valence-corrected chi connectivity index (χ4v) is 3.80. The molecule has 0 saturated carbocycles. The molecule has 1 aliphatic rings. The van der Waals surface area contributed by atoms with E-state index in [2.05, 4.69) is 10.4 Å². The van der Waals surface area contributed by atoms with E-state index in [1.165, 1.54) is 6.20 Å². The van der Waals surface area contributed by atoms with Crippen molar-refractivity contribution in [3.8, 4) is 0 Å². The molecular weight excluding hydrogens is 290 g/mol. The van der Waals surface area contributed by atoms with Gasteiger partial charge in [-0.25, -0.2) is 4.79 Å². The first-order valence-electron chi connectivity index (χ1n) is 6.86. The van der Waals surface area contributed by atoms with Crippen molar-refractivity contribution in [1.82, 2.24) is 15.1 Å². The van der Waals surface area contributed by atoms with Gasteiger partial charge in [0, 0.05) is 11.4 Å². The second-order valence-corrected chi connectivity index (χ2v) is 7.48. The molecule has 0 aliphatic carbocycles. The number of nitrogens with one attached hydrogen (secondary N) is 1. The molecule has 0 bridgehead atoms. The number of carboxylic acids is 1. The van der Waals surface area contributed by atoms with Gasteiger partial charge in [-0.1, -0.05) is 0 Å². The Morgan fingerprint density at radius 3 is 2.57 bits per heavy atom. The van der Waals surface area contributed by atoms with Crippen molar-refractivity contribution in [2.75, 3.05) is 11.5 Å². The van der Waals surface area contributed by atoms with E-state index >= 15 is 0 Å². The summed E-state index contributed by atoms with van der Waals surface area (Å²) in [6.45, 7) is 7.83. The predicted molar refractivity (Wildman–Crippen MR) is 81.7 cm³/mol. The molecule has 1 aromatic heterocycles. The molecule has 1 amide bonds. The zero-order valence-corrected chi connectivity index (χ0v) is 13.6. The van der Waals surface area contributed by atoms with Crippen molar-refractivity contribution in [2.24, 2.45) is 0 Å². The van der Waals surface area contributed by atoms with E-state index in [4.69, 9.17) is 0 Å². The number of thioether (sulfide) groups is 1. The molecule has 6 nitrogen and oxygen atoms in total. The van der Waals surface area contributed by atoms with Crippen LogP contribution < -0.4 is 5.32 Å². The van der Waals surface area contributed by atoms with Crippen LogP contribution >= 0.6 is 11.8 Å². The van der Waals surface area contributed by atoms with Gasteiger partial charge in [-0.3, -0.25) is 9.48 Å². The van der Waals surface area contributed by atoms with E-state index in [-0.39, 0.29) is 11.4 Å². The second kappa shape index (κ2) is 5.36. The van der Waals surface area contributed by atoms with E-state index in [1.807, 2.05) is 27.7 Å². The highest BCUT2D eigenvalue weighted by Crippen LogP contribution is 2.29. The van der Waals surface area contributed by atoms with Gasteiger partial charge in [-0.2, -0.15) is 16.9 Å². The number of hydrogen-bond donors (Lipinski definition) is 2. The fourth-order valence-electron chi connectivity index (χ4n) is 2.48. The molecule has 1 atom stereocenters. The number of carbonyl (C=O) groups excluding carboxylic acids is 1. The molecule has 2 rings (SSSR count). The zero-order chi connectivity index (χ0) is 15.8. The lowest BCUT2D eigenvalue weighted by atomic mass is 9.98. The Hall–Kier alpha value is -1.50. The minimum Gasteiger partial charge on any atom is -0.479 e. The molecule has 0 aromatic carbocycles. The monoisotopic (exact) mass is 311 g/mol. The highest BCUT2D eigenvalue weighted by atomic mass is 32.2. The van der Waals surface area contributed by atoms with E-state index in [0.717, 1.165) is 11.4 Å². The van der Waals surface area contributed by atoms with Gasteiger partial charge in [0.2, 0.25) is 0 Å². The SMILES string of the molecule is Cc1c(C(=O)NC2(C(=O)O)CCSC2)cnn1C(C)(C)C. The first-order chi connectivity index (χ1) is 9.67. The largest absolute Gasteiger partial charge is 0.479 e. The van der Waals surface area contributed by atoms with Crippen LogP contribution in [0.25, 0.3) is 0 Å². The number of aliphatic carboxylic acids is 1. The molecule has 1 aromatic rings. The molecular formula is C14H21N3O3S. The van der Waals surface area contributed by atoms with Gasteiger partial charge in [0.25, 0.3) is 5.91 Å². The summed E-state index contributed by atoms with van der Waals surface area (Å²) in [6, 6.07) is 0. The van der Waals surface area contributed by atoms with Crippen molar-refractivity contribution in [2.45, 2.75) is 45.2 Å². The molecule has 2 N–H and O–H groups in total. The van der Waals surface area contributed by atoms with E-state index in [9.17, 15) is 14.7 Å². The minimum absolute atomic E-state index is 0.226. The molecule has 21 heavy (non-hydrogen) atoms. The van der Waals surface area contributed by atoms with Gasteiger partial charge in [0.05, 0.1) is 17.3 Å². The third-order valence-electron chi connectivity index (χ3n) is 3.67. The quantitative estimate of drug-likeness (QED) is 0.886. The van der Waals surface area contributed by atoms with Gasteiger partial charge >= 0.3 is 5.97 Å². The van der Waals surface area contributed by atoms with Crippen LogP contribution in [0.2, 0.25) is 0 Å². The molecule has 1 fully saturated rings. The average molecular weight is 311 g/mol. The van der Waals surface area contributed by atoms with Gasteiger partial charge < -0.3 is 10.4 Å². The number of carbonyl (C=O) groups is 2. The third kappa shape index (κ3) is 2.92. The van der Waals surface area contributed by atoms with Crippen molar-refractivity contribution in [3.05, 3.63) is 17.5 Å². The topological polar surface area (TPSA) is 84.2 Å². The van der Waals surface area contributed by atoms with Crippen molar-refractivity contribution in [3.63, 3.8) is 0 Å². The van der Waals surface area contributed by atoms with Crippen LogP contribution in [-0.2, 0) is 10.3 Å². The van der Waals surface area contributed by atoms with Crippen LogP contribution in [-0.4, -0.2) is 43.8 Å². The van der Waals surface area contributed by atoms with E-state index in [1.54, 1.807) is 16.4 Å². The zero-order valence-electron chi connectivity index (χ0n) is 12.8. The Labute approximate surface area is 128 Å². The van der Waals surface area contributed by atoms with Gasteiger partial charge in [-0.05, 0) is 39.9 Å². The summed E-state index contributed by atoms with van der Waals surface area (Å²) in [4.78, 5) is 23.9. The summed E-state index contributed by atoms with van der Waals surface area (Å²) in [5, 5.41) is 16.4. The Morgan fingerprint density at radius 2 is 2.14 bits per heavy atom. The van der Waals surface area contributed by atoms with E-state index < -0.39 is 11.5 Å². The Balaban J connectivity index is 2.25. The molecule has 0 spiro atoms. The lowest BCUT2D eigenvalue weighted by Crippen LogP contribution is -2.54. The second-order valence-electron chi connectivity index (χ2n) is 6.37. The molecule has 2 heterocycles. The first-order valence-corrected chi connectivity index (χ1v) is 8.02. The van der Waals surface area contributed by atoms with E-state index in [0.29, 0.717) is 17.7 Å². The third-order valence-corrected chi connectivity index (χ3v) is 4.86. The van der Waals surface area contributed by atoms with Gasteiger partial charge in [0.1, 0.15) is 5.54 Å². The number of carboxylic acid groups (broad SMARTS) is 1. The Kier molecular flexibility index (Phi) is 4.06. The number of nitrogens with zero attached hydrogens (tertiary/aromatic N) is 2. The average Bonchev–Trinajstić information content (AvgIpc) is 2.95. The van der Waals surface area contributed by atoms with Crippen molar-refractivity contribution < 1.29 is 14.7 Å². The van der Waals surface area contributed by atoms with Crippen LogP contribution in [0.15, 0.2) is 6.20 Å². The summed E-state index contributed by atoms with van der Waals surface area (Å²) in [5.41, 5.74) is -0.206. The minimum atomic E-state index is -1.15.